The molecule has 0 nitrogen and oxygen atoms in total. The Hall–Kier alpha value is -0.630. The van der Waals surface area contributed by atoms with Crippen LogP contribution in [0.4, 0.5) is 8.78 Å². The SMILES string of the molecule is CC1(C)CCCCC1C(Cl)c1ccc(F)cc1F. The van der Waals surface area contributed by atoms with E-state index >= 15 is 0 Å². The maximum absolute atomic E-state index is 13.8. The maximum Gasteiger partial charge on any atom is 0.130 e. The van der Waals surface area contributed by atoms with E-state index in [0.29, 0.717) is 5.56 Å². The van der Waals surface area contributed by atoms with Gasteiger partial charge in [-0.05, 0) is 30.2 Å². The number of alkyl halides is 1. The van der Waals surface area contributed by atoms with Crippen molar-refractivity contribution in [3.05, 3.63) is 35.4 Å². The fraction of sp³-hybridized carbons (Fsp3) is 0.600. The van der Waals surface area contributed by atoms with Gasteiger partial charge in [-0.15, -0.1) is 11.6 Å². The molecule has 0 amide bonds. The summed E-state index contributed by atoms with van der Waals surface area (Å²) in [6.45, 7) is 4.38. The molecule has 0 heterocycles. The highest BCUT2D eigenvalue weighted by molar-refractivity contribution is 6.21. The molecule has 1 aliphatic rings. The van der Waals surface area contributed by atoms with Crippen LogP contribution >= 0.6 is 11.6 Å². The molecule has 1 aromatic rings. The molecule has 3 heteroatoms. The molecule has 0 N–H and O–H groups in total. The third-order valence-electron chi connectivity index (χ3n) is 4.20. The molecule has 0 aromatic heterocycles. The Balaban J connectivity index is 2.27. The van der Waals surface area contributed by atoms with Crippen molar-refractivity contribution >= 4 is 11.6 Å². The Morgan fingerprint density at radius 3 is 2.61 bits per heavy atom. The minimum Gasteiger partial charge on any atom is -0.207 e. The summed E-state index contributed by atoms with van der Waals surface area (Å²) in [5, 5.41) is -0.374. The topological polar surface area (TPSA) is 0 Å². The van der Waals surface area contributed by atoms with Gasteiger partial charge in [0.15, 0.2) is 0 Å². The summed E-state index contributed by atoms with van der Waals surface area (Å²) in [5.74, 6) is -0.840. The molecule has 0 spiro atoms. The van der Waals surface area contributed by atoms with Crippen LogP contribution < -0.4 is 0 Å². The van der Waals surface area contributed by atoms with E-state index in [1.165, 1.54) is 18.6 Å². The van der Waals surface area contributed by atoms with E-state index in [2.05, 4.69) is 13.8 Å². The summed E-state index contributed by atoms with van der Waals surface area (Å²) in [6, 6.07) is 3.68. The van der Waals surface area contributed by atoms with Gasteiger partial charge in [-0.1, -0.05) is 32.8 Å². The van der Waals surface area contributed by atoms with Crippen LogP contribution in [0, 0.1) is 23.0 Å². The molecule has 2 rings (SSSR count). The first-order valence-corrected chi connectivity index (χ1v) is 6.94. The van der Waals surface area contributed by atoms with E-state index in [0.717, 1.165) is 25.3 Å². The van der Waals surface area contributed by atoms with Gasteiger partial charge in [0.2, 0.25) is 0 Å². The molecule has 0 bridgehead atoms. The molecule has 2 unspecified atom stereocenters. The molecule has 1 aliphatic carbocycles. The van der Waals surface area contributed by atoms with Crippen LogP contribution in [0.3, 0.4) is 0 Å². The average molecular weight is 273 g/mol. The van der Waals surface area contributed by atoms with Gasteiger partial charge in [-0.2, -0.15) is 0 Å². The van der Waals surface area contributed by atoms with E-state index in [4.69, 9.17) is 11.6 Å². The second-order valence-corrected chi connectivity index (χ2v) is 6.38. The first kappa shape index (κ1) is 13.8. The zero-order valence-electron chi connectivity index (χ0n) is 10.8. The second-order valence-electron chi connectivity index (χ2n) is 5.91. The summed E-state index contributed by atoms with van der Waals surface area (Å²) < 4.78 is 26.7. The first-order chi connectivity index (χ1) is 8.42. The quantitative estimate of drug-likeness (QED) is 0.627. The molecular weight excluding hydrogens is 254 g/mol. The number of hydrogen-bond acceptors (Lipinski definition) is 0. The van der Waals surface area contributed by atoms with Gasteiger partial charge in [0.1, 0.15) is 11.6 Å². The molecule has 18 heavy (non-hydrogen) atoms. The summed E-state index contributed by atoms with van der Waals surface area (Å²) in [5.41, 5.74) is 0.545. The van der Waals surface area contributed by atoms with Crippen LogP contribution in [-0.4, -0.2) is 0 Å². The summed E-state index contributed by atoms with van der Waals surface area (Å²) in [7, 11) is 0. The molecule has 0 radical (unpaired) electrons. The van der Waals surface area contributed by atoms with Crippen LogP contribution in [0.25, 0.3) is 0 Å². The van der Waals surface area contributed by atoms with Crippen molar-refractivity contribution in [1.82, 2.24) is 0 Å². The third-order valence-corrected chi connectivity index (χ3v) is 4.74. The predicted molar refractivity (Wildman–Crippen MR) is 70.7 cm³/mol. The zero-order chi connectivity index (χ0) is 13.3. The monoisotopic (exact) mass is 272 g/mol. The van der Waals surface area contributed by atoms with Gasteiger partial charge in [0, 0.05) is 11.6 Å². The molecule has 0 saturated heterocycles. The van der Waals surface area contributed by atoms with Gasteiger partial charge in [0.05, 0.1) is 5.38 Å². The largest absolute Gasteiger partial charge is 0.207 e. The normalized spacial score (nSPS) is 24.8. The lowest BCUT2D eigenvalue weighted by Crippen LogP contribution is -2.31. The van der Waals surface area contributed by atoms with E-state index in [9.17, 15) is 8.78 Å². The standard InChI is InChI=1S/C15H19ClF2/c1-15(2)8-4-3-5-12(15)14(16)11-7-6-10(17)9-13(11)18/h6-7,9,12,14H,3-5,8H2,1-2H3. The van der Waals surface area contributed by atoms with Gasteiger partial charge < -0.3 is 0 Å². The van der Waals surface area contributed by atoms with Crippen molar-refractivity contribution in [3.63, 3.8) is 0 Å². The molecule has 1 fully saturated rings. The van der Waals surface area contributed by atoms with Crippen LogP contribution in [-0.2, 0) is 0 Å². The third kappa shape index (κ3) is 2.69. The van der Waals surface area contributed by atoms with Crippen molar-refractivity contribution in [2.24, 2.45) is 11.3 Å². The summed E-state index contributed by atoms with van der Waals surface area (Å²) >= 11 is 6.46. The lowest BCUT2D eigenvalue weighted by atomic mass is 9.66. The van der Waals surface area contributed by atoms with Crippen LogP contribution in [0.2, 0.25) is 0 Å². The second kappa shape index (κ2) is 5.16. The Labute approximate surface area is 112 Å². The van der Waals surface area contributed by atoms with Gasteiger partial charge in [-0.25, -0.2) is 8.78 Å². The van der Waals surface area contributed by atoms with Crippen molar-refractivity contribution in [3.8, 4) is 0 Å². The fourth-order valence-corrected chi connectivity index (χ4v) is 3.65. The summed E-state index contributed by atoms with van der Waals surface area (Å²) in [4.78, 5) is 0. The van der Waals surface area contributed by atoms with Gasteiger partial charge in [0.25, 0.3) is 0 Å². The predicted octanol–water partition coefficient (Wildman–Crippen LogP) is 5.46. The Morgan fingerprint density at radius 1 is 1.28 bits per heavy atom. The molecule has 1 aromatic carbocycles. The molecule has 0 aliphatic heterocycles. The molecule has 1 saturated carbocycles. The van der Waals surface area contributed by atoms with E-state index in [1.54, 1.807) is 0 Å². The Bertz CT molecular complexity index is 429. The van der Waals surface area contributed by atoms with E-state index in [1.807, 2.05) is 0 Å². The van der Waals surface area contributed by atoms with Crippen molar-refractivity contribution in [1.29, 1.82) is 0 Å². The number of rotatable bonds is 2. The first-order valence-electron chi connectivity index (χ1n) is 6.51. The molecule has 2 atom stereocenters. The number of hydrogen-bond donors (Lipinski definition) is 0. The van der Waals surface area contributed by atoms with Gasteiger partial charge in [-0.3, -0.25) is 0 Å². The highest BCUT2D eigenvalue weighted by Crippen LogP contribution is 2.49. The van der Waals surface area contributed by atoms with Gasteiger partial charge >= 0.3 is 0 Å². The number of benzene rings is 1. The van der Waals surface area contributed by atoms with Crippen LogP contribution in [0.1, 0.15) is 50.5 Å². The smallest absolute Gasteiger partial charge is 0.130 e. The minimum atomic E-state index is -0.553. The highest BCUT2D eigenvalue weighted by atomic mass is 35.5. The zero-order valence-corrected chi connectivity index (χ0v) is 11.6. The van der Waals surface area contributed by atoms with Crippen molar-refractivity contribution in [2.45, 2.75) is 44.9 Å². The fourth-order valence-electron chi connectivity index (χ4n) is 3.01. The lowest BCUT2D eigenvalue weighted by molar-refractivity contribution is 0.132. The highest BCUT2D eigenvalue weighted by Gasteiger charge is 2.38. The van der Waals surface area contributed by atoms with E-state index < -0.39 is 11.6 Å². The van der Waals surface area contributed by atoms with E-state index in [-0.39, 0.29) is 16.7 Å². The number of halogens is 3. The van der Waals surface area contributed by atoms with Crippen LogP contribution in [0.5, 0.6) is 0 Å². The Morgan fingerprint density at radius 2 is 2.00 bits per heavy atom. The maximum atomic E-state index is 13.8. The van der Waals surface area contributed by atoms with Crippen LogP contribution in [0.15, 0.2) is 18.2 Å². The van der Waals surface area contributed by atoms with Crippen molar-refractivity contribution < 1.29 is 8.78 Å². The minimum absolute atomic E-state index is 0.117. The Kier molecular flexibility index (Phi) is 3.96. The van der Waals surface area contributed by atoms with Crippen molar-refractivity contribution in [2.75, 3.05) is 0 Å². The molecular formula is C15H19ClF2. The lowest BCUT2D eigenvalue weighted by Gasteiger charge is -2.41. The molecule has 100 valence electrons. The summed E-state index contributed by atoms with van der Waals surface area (Å²) in [6.07, 6.45) is 4.47. The average Bonchev–Trinajstić information content (AvgIpc) is 2.27.